The van der Waals surface area contributed by atoms with Crippen LogP contribution in [0.3, 0.4) is 0 Å². The second-order valence-corrected chi connectivity index (χ2v) is 6.61. The Morgan fingerprint density at radius 1 is 1.35 bits per heavy atom. The average Bonchev–Trinajstić information content (AvgIpc) is 2.94. The maximum absolute atomic E-state index is 5.89. The number of nitrogens with zero attached hydrogens (tertiary/aromatic N) is 3. The minimum absolute atomic E-state index is 0.0311. The molecule has 0 atom stereocenters. The predicted molar refractivity (Wildman–Crippen MR) is 83.6 cm³/mol. The van der Waals surface area contributed by atoms with Crippen LogP contribution in [0.5, 0.6) is 0 Å². The van der Waals surface area contributed by atoms with Crippen LogP contribution in [-0.4, -0.2) is 33.3 Å². The van der Waals surface area contributed by atoms with Gasteiger partial charge in [0.25, 0.3) is 0 Å². The van der Waals surface area contributed by atoms with Crippen molar-refractivity contribution in [1.82, 2.24) is 14.7 Å². The zero-order chi connectivity index (χ0) is 14.6. The molecular weight excluding hydrogens is 248 g/mol. The summed E-state index contributed by atoms with van der Waals surface area (Å²) >= 11 is 0. The Hall–Kier alpha value is -0.870. The molecule has 1 heterocycles. The van der Waals surface area contributed by atoms with E-state index in [4.69, 9.17) is 10.8 Å². The number of aromatic nitrogens is 2. The van der Waals surface area contributed by atoms with Crippen molar-refractivity contribution in [3.05, 3.63) is 18.0 Å². The van der Waals surface area contributed by atoms with Gasteiger partial charge in [-0.2, -0.15) is 5.10 Å². The van der Waals surface area contributed by atoms with Gasteiger partial charge in [0.1, 0.15) is 0 Å². The molecule has 0 radical (unpaired) electrons. The normalized spacial score (nSPS) is 17.9. The van der Waals surface area contributed by atoms with Gasteiger partial charge in [-0.1, -0.05) is 26.2 Å². The summed E-state index contributed by atoms with van der Waals surface area (Å²) in [6, 6.07) is 2.79. The lowest BCUT2D eigenvalue weighted by Crippen LogP contribution is -2.48. The van der Waals surface area contributed by atoms with E-state index < -0.39 is 0 Å². The van der Waals surface area contributed by atoms with Crippen molar-refractivity contribution in [3.8, 4) is 0 Å². The summed E-state index contributed by atoms with van der Waals surface area (Å²) in [7, 11) is 0. The molecule has 114 valence electrons. The van der Waals surface area contributed by atoms with E-state index in [0.29, 0.717) is 12.6 Å². The Kier molecular flexibility index (Phi) is 5.22. The van der Waals surface area contributed by atoms with Crippen LogP contribution in [0.15, 0.2) is 12.3 Å². The van der Waals surface area contributed by atoms with Crippen molar-refractivity contribution in [3.63, 3.8) is 0 Å². The third-order valence-electron chi connectivity index (χ3n) is 4.70. The van der Waals surface area contributed by atoms with E-state index in [1.165, 1.54) is 37.8 Å². The molecule has 0 aromatic carbocycles. The van der Waals surface area contributed by atoms with Crippen molar-refractivity contribution in [2.45, 2.75) is 71.0 Å². The number of hydrogen-bond donors (Lipinski definition) is 1. The Labute approximate surface area is 123 Å². The van der Waals surface area contributed by atoms with Crippen molar-refractivity contribution in [2.75, 3.05) is 13.1 Å². The van der Waals surface area contributed by atoms with E-state index in [2.05, 4.69) is 42.6 Å². The van der Waals surface area contributed by atoms with E-state index in [1.807, 2.05) is 0 Å². The molecule has 1 aromatic heterocycles. The summed E-state index contributed by atoms with van der Waals surface area (Å²) < 4.78 is 2.19. The van der Waals surface area contributed by atoms with Gasteiger partial charge >= 0.3 is 0 Å². The van der Waals surface area contributed by atoms with Crippen LogP contribution >= 0.6 is 0 Å². The van der Waals surface area contributed by atoms with Gasteiger partial charge in [-0.3, -0.25) is 9.58 Å². The van der Waals surface area contributed by atoms with Gasteiger partial charge in [-0.15, -0.1) is 0 Å². The topological polar surface area (TPSA) is 47.1 Å². The fourth-order valence-electron chi connectivity index (χ4n) is 3.09. The first-order chi connectivity index (χ1) is 9.56. The fourth-order valence-corrected chi connectivity index (χ4v) is 3.09. The van der Waals surface area contributed by atoms with Gasteiger partial charge in [0.2, 0.25) is 0 Å². The van der Waals surface area contributed by atoms with Crippen LogP contribution in [0.25, 0.3) is 0 Å². The van der Waals surface area contributed by atoms with Crippen LogP contribution in [-0.2, 0) is 6.54 Å². The molecule has 0 aliphatic heterocycles. The third kappa shape index (κ3) is 3.61. The maximum Gasteiger partial charge on any atom is 0.0765 e. The highest BCUT2D eigenvalue weighted by atomic mass is 15.3. The van der Waals surface area contributed by atoms with Gasteiger partial charge in [0.05, 0.1) is 11.7 Å². The monoisotopic (exact) mass is 278 g/mol. The molecule has 0 unspecified atom stereocenters. The zero-order valence-electron chi connectivity index (χ0n) is 13.3. The SMILES string of the molecule is CCN(Cc1ccn(C2CCCCC2)n1)C(C)(C)CN. The van der Waals surface area contributed by atoms with Crippen molar-refractivity contribution < 1.29 is 0 Å². The molecule has 0 amide bonds. The van der Waals surface area contributed by atoms with Crippen LogP contribution in [0.4, 0.5) is 0 Å². The van der Waals surface area contributed by atoms with Crippen LogP contribution in [0.2, 0.25) is 0 Å². The van der Waals surface area contributed by atoms with Crippen LogP contribution in [0.1, 0.15) is 64.6 Å². The minimum Gasteiger partial charge on any atom is -0.329 e. The summed E-state index contributed by atoms with van der Waals surface area (Å²) in [5.41, 5.74) is 7.09. The molecule has 2 N–H and O–H groups in total. The highest BCUT2D eigenvalue weighted by Gasteiger charge is 2.24. The molecule has 1 fully saturated rings. The van der Waals surface area contributed by atoms with Crippen molar-refractivity contribution in [1.29, 1.82) is 0 Å². The summed E-state index contributed by atoms with van der Waals surface area (Å²) in [6.45, 7) is 9.16. The van der Waals surface area contributed by atoms with Gasteiger partial charge in [-0.05, 0) is 39.3 Å². The van der Waals surface area contributed by atoms with Crippen LogP contribution in [0, 0.1) is 0 Å². The molecule has 1 aliphatic rings. The quantitative estimate of drug-likeness (QED) is 0.870. The molecule has 0 spiro atoms. The maximum atomic E-state index is 5.89. The van der Waals surface area contributed by atoms with Crippen molar-refractivity contribution in [2.24, 2.45) is 5.73 Å². The standard InChI is InChI=1S/C16H30N4/c1-4-19(16(2,3)13-17)12-14-10-11-20(18-14)15-8-6-5-7-9-15/h10-11,15H,4-9,12-13,17H2,1-3H3. The fraction of sp³-hybridized carbons (Fsp3) is 0.812. The first kappa shape index (κ1) is 15.5. The average molecular weight is 278 g/mol. The van der Waals surface area contributed by atoms with Gasteiger partial charge < -0.3 is 5.73 Å². The second kappa shape index (κ2) is 6.72. The van der Waals surface area contributed by atoms with Crippen LogP contribution < -0.4 is 5.73 Å². The lowest BCUT2D eigenvalue weighted by atomic mass is 9.96. The molecule has 1 saturated carbocycles. The summed E-state index contributed by atoms with van der Waals surface area (Å²) in [5, 5.41) is 4.80. The van der Waals surface area contributed by atoms with E-state index in [1.54, 1.807) is 0 Å². The molecule has 0 bridgehead atoms. The molecule has 4 nitrogen and oxygen atoms in total. The highest BCUT2D eigenvalue weighted by Crippen LogP contribution is 2.27. The Morgan fingerprint density at radius 3 is 2.65 bits per heavy atom. The van der Waals surface area contributed by atoms with Crippen molar-refractivity contribution >= 4 is 0 Å². The smallest absolute Gasteiger partial charge is 0.0765 e. The number of rotatable bonds is 6. The highest BCUT2D eigenvalue weighted by molar-refractivity contribution is 5.01. The summed E-state index contributed by atoms with van der Waals surface area (Å²) in [4.78, 5) is 2.40. The van der Waals surface area contributed by atoms with E-state index in [0.717, 1.165) is 13.1 Å². The zero-order valence-corrected chi connectivity index (χ0v) is 13.3. The molecule has 1 aromatic rings. The molecule has 1 aliphatic carbocycles. The summed E-state index contributed by atoms with van der Waals surface area (Å²) in [5.74, 6) is 0. The van der Waals surface area contributed by atoms with Gasteiger partial charge in [0.15, 0.2) is 0 Å². The molecule has 20 heavy (non-hydrogen) atoms. The summed E-state index contributed by atoms with van der Waals surface area (Å²) in [6.07, 6.45) is 8.82. The molecule has 0 saturated heterocycles. The Balaban J connectivity index is 2.01. The number of likely N-dealkylation sites (N-methyl/N-ethyl adjacent to an activating group) is 1. The molecular formula is C16H30N4. The number of hydrogen-bond acceptors (Lipinski definition) is 3. The third-order valence-corrected chi connectivity index (χ3v) is 4.70. The van der Waals surface area contributed by atoms with E-state index in [-0.39, 0.29) is 5.54 Å². The lowest BCUT2D eigenvalue weighted by molar-refractivity contribution is 0.123. The molecule has 2 rings (SSSR count). The second-order valence-electron chi connectivity index (χ2n) is 6.61. The largest absolute Gasteiger partial charge is 0.329 e. The minimum atomic E-state index is 0.0311. The van der Waals surface area contributed by atoms with E-state index in [9.17, 15) is 0 Å². The first-order valence-corrected chi connectivity index (χ1v) is 8.06. The Bertz CT molecular complexity index is 404. The molecule has 4 heteroatoms. The first-order valence-electron chi connectivity index (χ1n) is 8.06. The van der Waals surface area contributed by atoms with E-state index >= 15 is 0 Å². The van der Waals surface area contributed by atoms with Gasteiger partial charge in [0, 0.05) is 24.8 Å². The lowest BCUT2D eigenvalue weighted by Gasteiger charge is -2.36. The van der Waals surface area contributed by atoms with Gasteiger partial charge in [-0.25, -0.2) is 0 Å². The predicted octanol–water partition coefficient (Wildman–Crippen LogP) is 2.95. The number of nitrogens with two attached hydrogens (primary N) is 1. The Morgan fingerprint density at radius 2 is 2.05 bits per heavy atom.